The quantitative estimate of drug-likeness (QED) is 0.446. The normalized spacial score (nSPS) is 24.1. The maximum absolute atomic E-state index is 12.4. The average Bonchev–Trinajstić information content (AvgIpc) is 2.71. The van der Waals surface area contributed by atoms with E-state index in [1.807, 2.05) is 0 Å². The predicted octanol–water partition coefficient (Wildman–Crippen LogP) is 0.717. The molecular formula is C21H25NO11. The Hall–Kier alpha value is -3.67. The van der Waals surface area contributed by atoms with Gasteiger partial charge in [-0.15, -0.1) is 0 Å². The molecule has 0 saturated carbocycles. The molecule has 12 heteroatoms. The SMILES string of the molecule is COC(=O)[C@H]1O[C@@H](Oc2ccc(NC(C)=O)cc2)[C@H](OC(C)=O)[C@@H](OC(C)=O)[C@@H]1OC(C)=O. The van der Waals surface area contributed by atoms with E-state index in [2.05, 4.69) is 5.32 Å². The van der Waals surface area contributed by atoms with Gasteiger partial charge in [0.05, 0.1) is 7.11 Å². The van der Waals surface area contributed by atoms with Crippen molar-refractivity contribution in [3.05, 3.63) is 24.3 Å². The van der Waals surface area contributed by atoms with Gasteiger partial charge < -0.3 is 33.7 Å². The highest BCUT2D eigenvalue weighted by Gasteiger charge is 2.55. The molecule has 1 amide bonds. The number of anilines is 1. The van der Waals surface area contributed by atoms with Crippen LogP contribution in [0.4, 0.5) is 5.69 Å². The van der Waals surface area contributed by atoms with Crippen LogP contribution in [0.25, 0.3) is 0 Å². The summed E-state index contributed by atoms with van der Waals surface area (Å²) < 4.78 is 31.9. The molecule has 180 valence electrons. The molecule has 1 aromatic rings. The van der Waals surface area contributed by atoms with E-state index in [1.165, 1.54) is 19.1 Å². The Bertz CT molecular complexity index is 898. The minimum Gasteiger partial charge on any atom is -0.467 e. The van der Waals surface area contributed by atoms with Crippen molar-refractivity contribution in [2.45, 2.75) is 58.4 Å². The third-order valence-electron chi connectivity index (χ3n) is 4.26. The van der Waals surface area contributed by atoms with Crippen molar-refractivity contribution in [1.29, 1.82) is 0 Å². The van der Waals surface area contributed by atoms with E-state index in [1.54, 1.807) is 12.1 Å². The summed E-state index contributed by atoms with van der Waals surface area (Å²) in [5.74, 6) is -3.36. The summed E-state index contributed by atoms with van der Waals surface area (Å²) in [6, 6.07) is 6.07. The van der Waals surface area contributed by atoms with Crippen LogP contribution in [0.3, 0.4) is 0 Å². The highest BCUT2D eigenvalue weighted by atomic mass is 16.7. The van der Waals surface area contributed by atoms with E-state index in [-0.39, 0.29) is 11.7 Å². The molecule has 2 rings (SSSR count). The standard InChI is InChI=1S/C21H25NO11/c1-10(23)22-14-6-8-15(9-7-14)32-21-19(31-13(4)26)17(30-12(3)25)16(29-11(2)24)18(33-21)20(27)28-5/h6-9,16-19,21H,1-5H3,(H,22,23)/t16-,17-,18-,19+,21+/m0/s1. The fourth-order valence-corrected chi connectivity index (χ4v) is 3.13. The number of benzene rings is 1. The number of amides is 1. The van der Waals surface area contributed by atoms with Crippen molar-refractivity contribution in [2.24, 2.45) is 0 Å². The minimum absolute atomic E-state index is 0.211. The minimum atomic E-state index is -1.56. The summed E-state index contributed by atoms with van der Waals surface area (Å²) in [6.07, 6.45) is -7.35. The Labute approximate surface area is 189 Å². The Kier molecular flexibility index (Phi) is 8.74. The van der Waals surface area contributed by atoms with Gasteiger partial charge in [0.1, 0.15) is 5.75 Å². The van der Waals surface area contributed by atoms with Gasteiger partial charge in [-0.3, -0.25) is 19.2 Å². The fraction of sp³-hybridized carbons (Fsp3) is 0.476. The number of ether oxygens (including phenoxy) is 6. The molecule has 0 spiro atoms. The summed E-state index contributed by atoms with van der Waals surface area (Å²) in [6.45, 7) is 4.64. The first kappa shape index (κ1) is 25.6. The molecule has 1 saturated heterocycles. The van der Waals surface area contributed by atoms with Gasteiger partial charge in [-0.2, -0.15) is 0 Å². The molecule has 0 unspecified atom stereocenters. The van der Waals surface area contributed by atoms with Gasteiger partial charge in [0.2, 0.25) is 18.3 Å². The van der Waals surface area contributed by atoms with Gasteiger partial charge in [0.15, 0.2) is 18.3 Å². The van der Waals surface area contributed by atoms with E-state index >= 15 is 0 Å². The van der Waals surface area contributed by atoms with Crippen molar-refractivity contribution < 1.29 is 52.4 Å². The molecule has 0 radical (unpaired) electrons. The molecule has 5 atom stereocenters. The van der Waals surface area contributed by atoms with Crippen LogP contribution in [0.5, 0.6) is 5.75 Å². The topological polar surface area (TPSA) is 153 Å². The second-order valence-electron chi connectivity index (χ2n) is 6.99. The van der Waals surface area contributed by atoms with Crippen LogP contribution in [0, 0.1) is 0 Å². The van der Waals surface area contributed by atoms with E-state index in [9.17, 15) is 24.0 Å². The number of nitrogens with one attached hydrogen (secondary N) is 1. The van der Waals surface area contributed by atoms with E-state index in [4.69, 9.17) is 28.4 Å². The maximum Gasteiger partial charge on any atom is 0.339 e. The highest BCUT2D eigenvalue weighted by Crippen LogP contribution is 2.31. The third-order valence-corrected chi connectivity index (χ3v) is 4.26. The summed E-state index contributed by atoms with van der Waals surface area (Å²) in [5.41, 5.74) is 0.496. The van der Waals surface area contributed by atoms with Crippen molar-refractivity contribution in [3.8, 4) is 5.75 Å². The first-order chi connectivity index (χ1) is 15.5. The third kappa shape index (κ3) is 7.17. The summed E-state index contributed by atoms with van der Waals surface area (Å²) in [5, 5.41) is 2.59. The molecule has 1 aliphatic rings. The molecule has 0 aliphatic carbocycles. The lowest BCUT2D eigenvalue weighted by Gasteiger charge is -2.43. The Morgan fingerprint density at radius 3 is 1.79 bits per heavy atom. The van der Waals surface area contributed by atoms with Gasteiger partial charge in [0.25, 0.3) is 0 Å². The van der Waals surface area contributed by atoms with E-state index in [0.29, 0.717) is 5.69 Å². The fourth-order valence-electron chi connectivity index (χ4n) is 3.13. The first-order valence-electron chi connectivity index (χ1n) is 9.81. The monoisotopic (exact) mass is 467 g/mol. The number of esters is 4. The lowest BCUT2D eigenvalue weighted by atomic mass is 9.97. The van der Waals surface area contributed by atoms with E-state index in [0.717, 1.165) is 27.9 Å². The number of hydrogen-bond acceptors (Lipinski definition) is 11. The van der Waals surface area contributed by atoms with E-state index < -0.39 is 54.6 Å². The Balaban J connectivity index is 2.43. The lowest BCUT2D eigenvalue weighted by molar-refractivity contribution is -0.282. The molecule has 1 N–H and O–H groups in total. The van der Waals surface area contributed by atoms with Gasteiger partial charge in [-0.25, -0.2) is 4.79 Å². The largest absolute Gasteiger partial charge is 0.467 e. The average molecular weight is 467 g/mol. The number of rotatable bonds is 7. The van der Waals surface area contributed by atoms with Crippen LogP contribution in [0.15, 0.2) is 24.3 Å². The molecule has 1 heterocycles. The van der Waals surface area contributed by atoms with Gasteiger partial charge in [-0.1, -0.05) is 0 Å². The zero-order chi connectivity index (χ0) is 24.7. The highest BCUT2D eigenvalue weighted by molar-refractivity contribution is 5.88. The maximum atomic E-state index is 12.4. The molecule has 1 aromatic carbocycles. The zero-order valence-corrected chi connectivity index (χ0v) is 18.7. The molecule has 1 aliphatic heterocycles. The number of carbonyl (C=O) groups excluding carboxylic acids is 5. The predicted molar refractivity (Wildman–Crippen MR) is 109 cm³/mol. The van der Waals surface area contributed by atoms with Crippen LogP contribution in [0.1, 0.15) is 27.7 Å². The summed E-state index contributed by atoms with van der Waals surface area (Å²) in [4.78, 5) is 58.8. The second kappa shape index (κ2) is 11.3. The van der Waals surface area contributed by atoms with Crippen LogP contribution in [0.2, 0.25) is 0 Å². The zero-order valence-electron chi connectivity index (χ0n) is 18.7. The van der Waals surface area contributed by atoms with Crippen molar-refractivity contribution in [3.63, 3.8) is 0 Å². The van der Waals surface area contributed by atoms with Crippen molar-refractivity contribution in [1.82, 2.24) is 0 Å². The van der Waals surface area contributed by atoms with Gasteiger partial charge in [0, 0.05) is 33.4 Å². The Morgan fingerprint density at radius 1 is 0.788 bits per heavy atom. The van der Waals surface area contributed by atoms with Crippen molar-refractivity contribution >= 4 is 35.5 Å². The van der Waals surface area contributed by atoms with Crippen LogP contribution >= 0.6 is 0 Å². The van der Waals surface area contributed by atoms with Crippen molar-refractivity contribution in [2.75, 3.05) is 12.4 Å². The lowest BCUT2D eigenvalue weighted by Crippen LogP contribution is -2.64. The molecule has 0 aromatic heterocycles. The van der Waals surface area contributed by atoms with Crippen LogP contribution < -0.4 is 10.1 Å². The van der Waals surface area contributed by atoms with Gasteiger partial charge in [-0.05, 0) is 24.3 Å². The molecular weight excluding hydrogens is 442 g/mol. The smallest absolute Gasteiger partial charge is 0.339 e. The summed E-state index contributed by atoms with van der Waals surface area (Å²) in [7, 11) is 1.09. The van der Waals surface area contributed by atoms with Gasteiger partial charge >= 0.3 is 23.9 Å². The molecule has 1 fully saturated rings. The van der Waals surface area contributed by atoms with Crippen LogP contribution in [-0.4, -0.2) is 67.6 Å². The summed E-state index contributed by atoms with van der Waals surface area (Å²) >= 11 is 0. The number of hydrogen-bond donors (Lipinski definition) is 1. The Morgan fingerprint density at radius 2 is 1.30 bits per heavy atom. The number of methoxy groups -OCH3 is 1. The number of carbonyl (C=O) groups is 5. The first-order valence-corrected chi connectivity index (χ1v) is 9.81. The molecule has 12 nitrogen and oxygen atoms in total. The molecule has 0 bridgehead atoms. The second-order valence-corrected chi connectivity index (χ2v) is 6.99. The van der Waals surface area contributed by atoms with Crippen LogP contribution in [-0.2, 0) is 47.7 Å². The molecule has 33 heavy (non-hydrogen) atoms.